The molecular formula is C10H22IN. The van der Waals surface area contributed by atoms with E-state index in [0.29, 0.717) is 0 Å². The molecule has 0 aliphatic heterocycles. The monoisotopic (exact) mass is 283 g/mol. The van der Waals surface area contributed by atoms with Crippen molar-refractivity contribution >= 4 is 24.0 Å². The van der Waals surface area contributed by atoms with Gasteiger partial charge in [0.25, 0.3) is 0 Å². The second-order valence-electron chi connectivity index (χ2n) is 4.97. The molecule has 0 aromatic rings. The molecule has 0 aromatic heterocycles. The van der Waals surface area contributed by atoms with Crippen LogP contribution < -0.4 is 5.73 Å². The van der Waals surface area contributed by atoms with Gasteiger partial charge in [0.2, 0.25) is 0 Å². The number of hydrogen-bond acceptors (Lipinski definition) is 1. The first kappa shape index (κ1) is 12.7. The van der Waals surface area contributed by atoms with Crippen LogP contribution in [-0.2, 0) is 0 Å². The maximum atomic E-state index is 6.34. The Labute approximate surface area is 93.5 Å². The van der Waals surface area contributed by atoms with Gasteiger partial charge in [0.1, 0.15) is 0 Å². The number of nitrogens with two attached hydrogens (primary N) is 1. The third kappa shape index (κ3) is 2.59. The first-order chi connectivity index (χ1) is 4.96. The van der Waals surface area contributed by atoms with Crippen LogP contribution in [0.4, 0.5) is 0 Å². The molecule has 0 unspecified atom stereocenters. The SMILES string of the molecule is CC(C)(C)C1(N)CCCCC1.I. The second kappa shape index (κ2) is 4.27. The van der Waals surface area contributed by atoms with E-state index in [1.54, 1.807) is 0 Å². The lowest BCUT2D eigenvalue weighted by molar-refractivity contribution is 0.133. The Hall–Kier alpha value is 0.690. The Morgan fingerprint density at radius 1 is 1.00 bits per heavy atom. The highest BCUT2D eigenvalue weighted by Crippen LogP contribution is 2.39. The molecule has 0 heterocycles. The van der Waals surface area contributed by atoms with Gasteiger partial charge in [-0.25, -0.2) is 0 Å². The van der Waals surface area contributed by atoms with Crippen molar-refractivity contribution in [3.63, 3.8) is 0 Å². The van der Waals surface area contributed by atoms with Gasteiger partial charge in [-0.15, -0.1) is 24.0 Å². The molecule has 1 saturated carbocycles. The van der Waals surface area contributed by atoms with Crippen LogP contribution in [0, 0.1) is 5.41 Å². The fourth-order valence-corrected chi connectivity index (χ4v) is 1.93. The van der Waals surface area contributed by atoms with E-state index in [2.05, 4.69) is 20.8 Å². The molecule has 0 saturated heterocycles. The topological polar surface area (TPSA) is 26.0 Å². The first-order valence-corrected chi connectivity index (χ1v) is 4.75. The van der Waals surface area contributed by atoms with E-state index in [0.717, 1.165) is 0 Å². The Kier molecular flexibility index (Phi) is 4.51. The van der Waals surface area contributed by atoms with Crippen LogP contribution in [0.3, 0.4) is 0 Å². The van der Waals surface area contributed by atoms with Crippen LogP contribution >= 0.6 is 24.0 Å². The minimum absolute atomic E-state index is 0. The van der Waals surface area contributed by atoms with Crippen LogP contribution in [0.2, 0.25) is 0 Å². The molecule has 2 heteroatoms. The molecule has 0 spiro atoms. The highest BCUT2D eigenvalue weighted by molar-refractivity contribution is 14.0. The van der Waals surface area contributed by atoms with Crippen LogP contribution in [0.1, 0.15) is 52.9 Å². The predicted molar refractivity (Wildman–Crippen MR) is 64.9 cm³/mol. The maximum Gasteiger partial charge on any atom is 0.0203 e. The van der Waals surface area contributed by atoms with Gasteiger partial charge < -0.3 is 5.73 Å². The molecule has 0 radical (unpaired) electrons. The molecule has 1 aliphatic carbocycles. The molecule has 1 rings (SSSR count). The Balaban J connectivity index is 0.00000121. The van der Waals surface area contributed by atoms with Crippen molar-refractivity contribution in [2.45, 2.75) is 58.4 Å². The van der Waals surface area contributed by atoms with E-state index in [-0.39, 0.29) is 34.9 Å². The summed E-state index contributed by atoms with van der Waals surface area (Å²) in [6.45, 7) is 6.79. The molecule has 0 aromatic carbocycles. The van der Waals surface area contributed by atoms with Gasteiger partial charge in [0.05, 0.1) is 0 Å². The fraction of sp³-hybridized carbons (Fsp3) is 1.00. The molecule has 1 aliphatic rings. The minimum Gasteiger partial charge on any atom is -0.325 e. The lowest BCUT2D eigenvalue weighted by Crippen LogP contribution is -2.52. The molecule has 12 heavy (non-hydrogen) atoms. The van der Waals surface area contributed by atoms with Crippen molar-refractivity contribution in [2.24, 2.45) is 11.1 Å². The Morgan fingerprint density at radius 3 is 1.67 bits per heavy atom. The van der Waals surface area contributed by atoms with E-state index in [4.69, 9.17) is 5.73 Å². The van der Waals surface area contributed by atoms with Gasteiger partial charge >= 0.3 is 0 Å². The van der Waals surface area contributed by atoms with Crippen LogP contribution in [0.25, 0.3) is 0 Å². The van der Waals surface area contributed by atoms with E-state index in [1.165, 1.54) is 32.1 Å². The van der Waals surface area contributed by atoms with Crippen LogP contribution in [0.5, 0.6) is 0 Å². The fourth-order valence-electron chi connectivity index (χ4n) is 1.93. The lowest BCUT2D eigenvalue weighted by atomic mass is 9.66. The summed E-state index contributed by atoms with van der Waals surface area (Å²) >= 11 is 0. The quantitative estimate of drug-likeness (QED) is 0.678. The summed E-state index contributed by atoms with van der Waals surface area (Å²) in [5, 5.41) is 0. The van der Waals surface area contributed by atoms with Crippen molar-refractivity contribution in [3.8, 4) is 0 Å². The average Bonchev–Trinajstić information content (AvgIpc) is 1.87. The highest BCUT2D eigenvalue weighted by atomic mass is 127. The summed E-state index contributed by atoms with van der Waals surface area (Å²) in [6, 6.07) is 0. The Morgan fingerprint density at radius 2 is 1.42 bits per heavy atom. The number of hydrogen-bond donors (Lipinski definition) is 1. The van der Waals surface area contributed by atoms with Crippen molar-refractivity contribution in [2.75, 3.05) is 0 Å². The van der Waals surface area contributed by atoms with Crippen molar-refractivity contribution in [3.05, 3.63) is 0 Å². The van der Waals surface area contributed by atoms with Crippen LogP contribution in [0.15, 0.2) is 0 Å². The van der Waals surface area contributed by atoms with Gasteiger partial charge in [-0.3, -0.25) is 0 Å². The summed E-state index contributed by atoms with van der Waals surface area (Å²) in [6.07, 6.45) is 6.48. The standard InChI is InChI=1S/C10H21N.HI/c1-9(2,3)10(11)7-5-4-6-8-10;/h4-8,11H2,1-3H3;1H. The smallest absolute Gasteiger partial charge is 0.0203 e. The number of halogens is 1. The summed E-state index contributed by atoms with van der Waals surface area (Å²) < 4.78 is 0. The van der Waals surface area contributed by atoms with Crippen molar-refractivity contribution < 1.29 is 0 Å². The van der Waals surface area contributed by atoms with Crippen LogP contribution in [-0.4, -0.2) is 5.54 Å². The molecule has 0 bridgehead atoms. The van der Waals surface area contributed by atoms with Gasteiger partial charge in [0.15, 0.2) is 0 Å². The number of rotatable bonds is 0. The molecule has 0 amide bonds. The zero-order valence-electron chi connectivity index (χ0n) is 8.52. The summed E-state index contributed by atoms with van der Waals surface area (Å²) in [7, 11) is 0. The normalized spacial score (nSPS) is 23.0. The first-order valence-electron chi connectivity index (χ1n) is 4.75. The van der Waals surface area contributed by atoms with E-state index in [1.807, 2.05) is 0 Å². The minimum atomic E-state index is 0. The van der Waals surface area contributed by atoms with Crippen molar-refractivity contribution in [1.29, 1.82) is 0 Å². The summed E-state index contributed by atoms with van der Waals surface area (Å²) in [5.74, 6) is 0. The summed E-state index contributed by atoms with van der Waals surface area (Å²) in [4.78, 5) is 0. The molecule has 0 atom stereocenters. The molecular weight excluding hydrogens is 261 g/mol. The van der Waals surface area contributed by atoms with E-state index in [9.17, 15) is 0 Å². The van der Waals surface area contributed by atoms with E-state index >= 15 is 0 Å². The van der Waals surface area contributed by atoms with Gasteiger partial charge in [-0.1, -0.05) is 40.0 Å². The molecule has 1 fully saturated rings. The zero-order valence-corrected chi connectivity index (χ0v) is 10.9. The maximum absolute atomic E-state index is 6.34. The van der Waals surface area contributed by atoms with Gasteiger partial charge in [0, 0.05) is 5.54 Å². The molecule has 2 N–H and O–H groups in total. The highest BCUT2D eigenvalue weighted by Gasteiger charge is 2.38. The average molecular weight is 283 g/mol. The van der Waals surface area contributed by atoms with Gasteiger partial charge in [-0.2, -0.15) is 0 Å². The summed E-state index contributed by atoms with van der Waals surface area (Å²) in [5.41, 5.74) is 6.74. The third-order valence-electron chi connectivity index (χ3n) is 3.24. The lowest BCUT2D eigenvalue weighted by Gasteiger charge is -2.44. The Bertz CT molecular complexity index is 131. The predicted octanol–water partition coefficient (Wildman–Crippen LogP) is 3.31. The molecule has 1 nitrogen and oxygen atoms in total. The second-order valence-corrected chi connectivity index (χ2v) is 4.97. The van der Waals surface area contributed by atoms with Crippen molar-refractivity contribution in [1.82, 2.24) is 0 Å². The molecule has 74 valence electrons. The third-order valence-corrected chi connectivity index (χ3v) is 3.24. The van der Waals surface area contributed by atoms with Gasteiger partial charge in [-0.05, 0) is 18.3 Å². The van der Waals surface area contributed by atoms with E-state index < -0.39 is 0 Å². The zero-order chi connectivity index (χ0) is 8.54. The largest absolute Gasteiger partial charge is 0.325 e.